The lowest BCUT2D eigenvalue weighted by Gasteiger charge is -2.34. The zero-order valence-corrected chi connectivity index (χ0v) is 28.9. The van der Waals surface area contributed by atoms with Crippen LogP contribution in [0.1, 0.15) is 16.7 Å². The molecule has 244 valence electrons. The van der Waals surface area contributed by atoms with Crippen molar-refractivity contribution in [1.82, 2.24) is 0 Å². The van der Waals surface area contributed by atoms with Crippen LogP contribution in [0, 0.1) is 0 Å². The van der Waals surface area contributed by atoms with E-state index in [1.807, 2.05) is 12.1 Å². The van der Waals surface area contributed by atoms with Crippen LogP contribution < -0.4 is 4.90 Å². The smallest absolute Gasteiger partial charge is 0.119 e. The Balaban J connectivity index is 1.48. The summed E-state index contributed by atoms with van der Waals surface area (Å²) in [5.74, 6) is 0. The fourth-order valence-corrected chi connectivity index (χ4v) is 7.40. The van der Waals surface area contributed by atoms with Crippen molar-refractivity contribution in [3.8, 4) is 33.4 Å². The van der Waals surface area contributed by atoms with E-state index in [0.717, 1.165) is 67.1 Å². The van der Waals surface area contributed by atoms with Crippen LogP contribution in [0.15, 0.2) is 218 Å². The Labute approximate surface area is 305 Å². The molecule has 0 aliphatic heterocycles. The molecule has 51 heavy (non-hydrogen) atoms. The molecule has 0 aromatic heterocycles. The van der Waals surface area contributed by atoms with Gasteiger partial charge in [0, 0.05) is 22.5 Å². The zero-order chi connectivity index (χ0) is 34.5. The molecule has 0 unspecified atom stereocenters. The summed E-state index contributed by atoms with van der Waals surface area (Å²) in [6, 6.07) is 76.9. The van der Waals surface area contributed by atoms with E-state index in [2.05, 4.69) is 211 Å². The van der Waals surface area contributed by atoms with E-state index in [9.17, 15) is 0 Å². The maximum atomic E-state index is 8.08. The number of hydrogen-bond donors (Lipinski definition) is 0. The van der Waals surface area contributed by atoms with Gasteiger partial charge < -0.3 is 4.90 Å². The predicted octanol–water partition coefficient (Wildman–Crippen LogP) is 13.7. The van der Waals surface area contributed by atoms with E-state index < -0.39 is 4.87 Å². The van der Waals surface area contributed by atoms with Crippen LogP contribution in [0.5, 0.6) is 0 Å². The summed E-state index contributed by atoms with van der Waals surface area (Å²) in [5.41, 5.74) is 12.9. The third-order valence-corrected chi connectivity index (χ3v) is 10.1. The Kier molecular flexibility index (Phi) is 9.04. The molecule has 0 spiro atoms. The Morgan fingerprint density at radius 2 is 0.725 bits per heavy atom. The molecular weight excluding hydrogens is 638 g/mol. The van der Waals surface area contributed by atoms with Crippen molar-refractivity contribution >= 4 is 28.7 Å². The summed E-state index contributed by atoms with van der Waals surface area (Å²) in [5, 5.41) is 0. The van der Waals surface area contributed by atoms with E-state index in [1.54, 1.807) is 0 Å². The number of anilines is 3. The van der Waals surface area contributed by atoms with Gasteiger partial charge in [0.1, 0.15) is 4.87 Å². The molecule has 0 heterocycles. The highest BCUT2D eigenvalue weighted by Gasteiger charge is 2.35. The minimum absolute atomic E-state index is 0.967. The molecule has 0 fully saturated rings. The molecule has 0 saturated carbocycles. The minimum Gasteiger partial charge on any atom is -0.309 e. The first-order chi connectivity index (χ1) is 25.2. The molecule has 8 rings (SSSR count). The third-order valence-electron chi connectivity index (χ3n) is 9.47. The molecule has 0 amide bonds. The average Bonchev–Trinajstić information content (AvgIpc) is 3.22. The van der Waals surface area contributed by atoms with Gasteiger partial charge >= 0.3 is 0 Å². The lowest BCUT2D eigenvalue weighted by Crippen LogP contribution is -2.23. The average molecular weight is 674 g/mol. The lowest BCUT2D eigenvalue weighted by atomic mass is 9.82. The Morgan fingerprint density at radius 1 is 0.314 bits per heavy atom. The predicted molar refractivity (Wildman–Crippen MR) is 216 cm³/mol. The molecule has 8 aromatic rings. The number of halogens is 1. The van der Waals surface area contributed by atoms with E-state index in [0.29, 0.717) is 0 Å². The first kappa shape index (κ1) is 32.1. The standard InChI is InChI=1S/C49H36ClN/c50-49(41-26-13-4-14-27-41,42-28-15-5-16-29-42)43-34-40(37-20-7-1-8-21-37)35-45(36-43)51(44-30-17-6-18-31-44)48-46(38-22-9-2-10-23-38)32-19-33-47(48)39-24-11-3-12-25-39/h1-36H. The molecule has 0 bridgehead atoms. The fourth-order valence-electron chi connectivity index (χ4n) is 7.04. The van der Waals surface area contributed by atoms with Crippen molar-refractivity contribution in [2.24, 2.45) is 0 Å². The number of nitrogens with zero attached hydrogens (tertiary/aromatic N) is 1. The van der Waals surface area contributed by atoms with Crippen molar-refractivity contribution in [2.75, 3.05) is 4.90 Å². The topological polar surface area (TPSA) is 3.24 Å². The van der Waals surface area contributed by atoms with Crippen LogP contribution >= 0.6 is 11.6 Å². The van der Waals surface area contributed by atoms with Gasteiger partial charge in [-0.15, -0.1) is 11.6 Å². The summed E-state index contributed by atoms with van der Waals surface area (Å²) in [6.45, 7) is 0. The summed E-state index contributed by atoms with van der Waals surface area (Å²) in [7, 11) is 0. The quantitative estimate of drug-likeness (QED) is 0.109. The largest absolute Gasteiger partial charge is 0.309 e. The van der Waals surface area contributed by atoms with Gasteiger partial charge in [0.25, 0.3) is 0 Å². The van der Waals surface area contributed by atoms with Gasteiger partial charge in [0.2, 0.25) is 0 Å². The second-order valence-electron chi connectivity index (χ2n) is 12.6. The molecule has 0 aliphatic rings. The van der Waals surface area contributed by atoms with Crippen molar-refractivity contribution in [2.45, 2.75) is 4.87 Å². The van der Waals surface area contributed by atoms with E-state index in [-0.39, 0.29) is 0 Å². The maximum Gasteiger partial charge on any atom is 0.119 e. The van der Waals surface area contributed by atoms with Gasteiger partial charge in [-0.3, -0.25) is 0 Å². The Bertz CT molecular complexity index is 2240. The van der Waals surface area contributed by atoms with Gasteiger partial charge in [-0.2, -0.15) is 0 Å². The summed E-state index contributed by atoms with van der Waals surface area (Å²) in [4.78, 5) is 1.44. The summed E-state index contributed by atoms with van der Waals surface area (Å²) >= 11 is 8.08. The number of para-hydroxylation sites is 2. The van der Waals surface area contributed by atoms with Gasteiger partial charge in [-0.05, 0) is 69.3 Å². The SMILES string of the molecule is ClC(c1ccccc1)(c1ccccc1)c1cc(-c2ccccc2)cc(N(c2ccccc2)c2c(-c3ccccc3)cccc2-c2ccccc2)c1. The van der Waals surface area contributed by atoms with Crippen LogP contribution in [0.3, 0.4) is 0 Å². The molecule has 0 aliphatic carbocycles. The number of rotatable bonds is 9. The van der Waals surface area contributed by atoms with Crippen LogP contribution in [0.4, 0.5) is 17.1 Å². The second kappa shape index (κ2) is 14.4. The van der Waals surface area contributed by atoms with Crippen molar-refractivity contribution in [3.63, 3.8) is 0 Å². The van der Waals surface area contributed by atoms with Crippen LogP contribution in [0.2, 0.25) is 0 Å². The minimum atomic E-state index is -0.967. The van der Waals surface area contributed by atoms with Crippen LogP contribution in [0.25, 0.3) is 33.4 Å². The van der Waals surface area contributed by atoms with E-state index >= 15 is 0 Å². The molecular formula is C49H36ClN. The molecule has 0 atom stereocenters. The second-order valence-corrected chi connectivity index (χ2v) is 13.2. The van der Waals surface area contributed by atoms with Crippen LogP contribution in [-0.2, 0) is 4.87 Å². The monoisotopic (exact) mass is 673 g/mol. The Hall–Kier alpha value is -6.15. The first-order valence-corrected chi connectivity index (χ1v) is 17.7. The lowest BCUT2D eigenvalue weighted by molar-refractivity contribution is 0.879. The van der Waals surface area contributed by atoms with Gasteiger partial charge in [0.15, 0.2) is 0 Å². The zero-order valence-electron chi connectivity index (χ0n) is 28.1. The highest BCUT2D eigenvalue weighted by molar-refractivity contribution is 6.28. The van der Waals surface area contributed by atoms with E-state index in [4.69, 9.17) is 11.6 Å². The van der Waals surface area contributed by atoms with Gasteiger partial charge in [-0.25, -0.2) is 0 Å². The molecule has 8 aromatic carbocycles. The molecule has 0 saturated heterocycles. The van der Waals surface area contributed by atoms with E-state index in [1.165, 1.54) is 0 Å². The normalized spacial score (nSPS) is 11.2. The highest BCUT2D eigenvalue weighted by atomic mass is 35.5. The maximum absolute atomic E-state index is 8.08. The fraction of sp³-hybridized carbons (Fsp3) is 0.0204. The number of benzene rings is 8. The molecule has 1 nitrogen and oxygen atoms in total. The van der Waals surface area contributed by atoms with Gasteiger partial charge in [0.05, 0.1) is 5.69 Å². The van der Waals surface area contributed by atoms with Crippen LogP contribution in [-0.4, -0.2) is 0 Å². The van der Waals surface area contributed by atoms with Crippen molar-refractivity contribution in [1.29, 1.82) is 0 Å². The Morgan fingerprint density at radius 3 is 1.20 bits per heavy atom. The summed E-state index contributed by atoms with van der Waals surface area (Å²) in [6.07, 6.45) is 0. The van der Waals surface area contributed by atoms with Gasteiger partial charge in [-0.1, -0.05) is 188 Å². The van der Waals surface area contributed by atoms with Crippen molar-refractivity contribution < 1.29 is 0 Å². The number of alkyl halides is 1. The van der Waals surface area contributed by atoms with Crippen molar-refractivity contribution in [3.05, 3.63) is 235 Å². The highest BCUT2D eigenvalue weighted by Crippen LogP contribution is 2.50. The molecule has 2 heteroatoms. The summed E-state index contributed by atoms with van der Waals surface area (Å²) < 4.78 is 0. The third kappa shape index (κ3) is 6.36. The number of hydrogen-bond acceptors (Lipinski definition) is 1. The molecule has 0 N–H and O–H groups in total. The molecule has 0 radical (unpaired) electrons. The first-order valence-electron chi connectivity index (χ1n) is 17.3.